The maximum Gasteiger partial charge on any atom is 0.319 e. The number of anilines is 1. The molecule has 7 nitrogen and oxygen atoms in total. The first-order chi connectivity index (χ1) is 14.0. The highest BCUT2D eigenvalue weighted by atomic mass is 35.5. The van der Waals surface area contributed by atoms with E-state index in [4.69, 9.17) is 16.3 Å². The standard InChI is InChI=1S/C21H26ClN3O4/c1-25(12-14-6-3-2-4-7-14)19-17(29-18(13-26)20(19)27)11-23-21(28)24-16-9-5-8-15(22)10-16/h2-10,17-20,26-27H,11-13H2,1H3,(H2,23,24,28)/t17-,18+,19+,20-/m1/s1. The van der Waals surface area contributed by atoms with Crippen LogP contribution in [0.1, 0.15) is 5.56 Å². The van der Waals surface area contributed by atoms with E-state index < -0.39 is 24.3 Å². The summed E-state index contributed by atoms with van der Waals surface area (Å²) < 4.78 is 5.81. The number of nitrogens with zero attached hydrogens (tertiary/aromatic N) is 1. The Bertz CT molecular complexity index is 808. The van der Waals surface area contributed by atoms with Crippen LogP contribution >= 0.6 is 11.6 Å². The molecule has 0 unspecified atom stereocenters. The van der Waals surface area contributed by atoms with Gasteiger partial charge in [-0.1, -0.05) is 48.0 Å². The molecule has 1 aliphatic rings. The fourth-order valence-corrected chi connectivity index (χ4v) is 3.79. The number of rotatable bonds is 7. The van der Waals surface area contributed by atoms with Crippen LogP contribution in [0.4, 0.5) is 10.5 Å². The number of aliphatic hydroxyl groups excluding tert-OH is 2. The summed E-state index contributed by atoms with van der Waals surface area (Å²) >= 11 is 5.93. The summed E-state index contributed by atoms with van der Waals surface area (Å²) in [5.74, 6) is 0. The lowest BCUT2D eigenvalue weighted by molar-refractivity contribution is -0.0205. The van der Waals surface area contributed by atoms with Crippen molar-refractivity contribution in [3.8, 4) is 0 Å². The number of carbonyl (C=O) groups excluding carboxylic acids is 1. The second kappa shape index (κ2) is 10.0. The Morgan fingerprint density at radius 3 is 2.62 bits per heavy atom. The second-order valence-corrected chi connectivity index (χ2v) is 7.56. The highest BCUT2D eigenvalue weighted by molar-refractivity contribution is 6.30. The van der Waals surface area contributed by atoms with Gasteiger partial charge in [-0.05, 0) is 30.8 Å². The van der Waals surface area contributed by atoms with E-state index in [2.05, 4.69) is 10.6 Å². The van der Waals surface area contributed by atoms with Crippen LogP contribution < -0.4 is 10.6 Å². The second-order valence-electron chi connectivity index (χ2n) is 7.12. The summed E-state index contributed by atoms with van der Waals surface area (Å²) in [6.07, 6.45) is -2.03. The summed E-state index contributed by atoms with van der Waals surface area (Å²) in [5.41, 5.74) is 1.67. The van der Waals surface area contributed by atoms with Gasteiger partial charge >= 0.3 is 6.03 Å². The summed E-state index contributed by atoms with van der Waals surface area (Å²) in [7, 11) is 1.89. The number of aliphatic hydroxyl groups is 2. The molecule has 0 spiro atoms. The number of likely N-dealkylation sites (N-methyl/N-ethyl adjacent to an activating group) is 1. The van der Waals surface area contributed by atoms with Crippen LogP contribution in [0, 0.1) is 0 Å². The fraction of sp³-hybridized carbons (Fsp3) is 0.381. The van der Waals surface area contributed by atoms with Gasteiger partial charge in [-0.15, -0.1) is 0 Å². The minimum absolute atomic E-state index is 0.184. The number of urea groups is 1. The Kier molecular flexibility index (Phi) is 7.46. The lowest BCUT2D eigenvalue weighted by atomic mass is 10.0. The first kappa shape index (κ1) is 21.5. The molecule has 0 aromatic heterocycles. The molecule has 0 radical (unpaired) electrons. The van der Waals surface area contributed by atoms with Gasteiger partial charge in [0, 0.05) is 23.8 Å². The molecular weight excluding hydrogens is 394 g/mol. The van der Waals surface area contributed by atoms with Crippen LogP contribution in [0.5, 0.6) is 0 Å². The Morgan fingerprint density at radius 2 is 1.93 bits per heavy atom. The van der Waals surface area contributed by atoms with Crippen molar-refractivity contribution in [2.45, 2.75) is 30.9 Å². The third kappa shape index (κ3) is 5.68. The normalized spacial score (nSPS) is 23.9. The van der Waals surface area contributed by atoms with E-state index in [-0.39, 0.29) is 19.2 Å². The molecule has 2 aromatic carbocycles. The number of hydrogen-bond acceptors (Lipinski definition) is 5. The third-order valence-electron chi connectivity index (χ3n) is 4.97. The van der Waals surface area contributed by atoms with Crippen LogP contribution in [-0.2, 0) is 11.3 Å². The first-order valence-corrected chi connectivity index (χ1v) is 9.84. The molecule has 1 saturated heterocycles. The quantitative estimate of drug-likeness (QED) is 0.551. The number of nitrogens with one attached hydrogen (secondary N) is 2. The predicted octanol–water partition coefficient (Wildman–Crippen LogP) is 2.08. The van der Waals surface area contributed by atoms with E-state index in [1.54, 1.807) is 24.3 Å². The Labute approximate surface area is 175 Å². The van der Waals surface area contributed by atoms with Crippen LogP contribution in [0.3, 0.4) is 0 Å². The van der Waals surface area contributed by atoms with Crippen molar-refractivity contribution in [1.29, 1.82) is 0 Å². The number of benzene rings is 2. The molecule has 1 heterocycles. The van der Waals surface area contributed by atoms with Gasteiger partial charge in [-0.2, -0.15) is 0 Å². The van der Waals surface area contributed by atoms with Crippen molar-refractivity contribution in [2.75, 3.05) is 25.5 Å². The van der Waals surface area contributed by atoms with Crippen molar-refractivity contribution in [1.82, 2.24) is 10.2 Å². The molecule has 0 saturated carbocycles. The molecule has 3 rings (SSSR count). The number of hydrogen-bond donors (Lipinski definition) is 4. The largest absolute Gasteiger partial charge is 0.394 e. The zero-order valence-electron chi connectivity index (χ0n) is 16.2. The van der Waals surface area contributed by atoms with Crippen molar-refractivity contribution in [2.24, 2.45) is 0 Å². The first-order valence-electron chi connectivity index (χ1n) is 9.47. The van der Waals surface area contributed by atoms with Crippen LogP contribution in [0.2, 0.25) is 5.02 Å². The number of carbonyl (C=O) groups is 1. The van der Waals surface area contributed by atoms with Crippen LogP contribution in [-0.4, -0.2) is 65.7 Å². The molecule has 4 N–H and O–H groups in total. The van der Waals surface area contributed by atoms with Gasteiger partial charge in [0.1, 0.15) is 12.2 Å². The van der Waals surface area contributed by atoms with Gasteiger partial charge in [-0.3, -0.25) is 4.90 Å². The Hall–Kier alpha value is -2.16. The molecule has 1 fully saturated rings. The Morgan fingerprint density at radius 1 is 1.17 bits per heavy atom. The molecule has 2 aromatic rings. The molecule has 29 heavy (non-hydrogen) atoms. The summed E-state index contributed by atoms with van der Waals surface area (Å²) in [6.45, 7) is 0.501. The molecule has 8 heteroatoms. The Balaban J connectivity index is 1.61. The monoisotopic (exact) mass is 419 g/mol. The maximum absolute atomic E-state index is 12.2. The highest BCUT2D eigenvalue weighted by Crippen LogP contribution is 2.26. The van der Waals surface area contributed by atoms with Gasteiger partial charge in [0.15, 0.2) is 0 Å². The SMILES string of the molecule is CN(Cc1ccccc1)[C@@H]1[C@H](O)[C@H](CO)O[C@@H]1CNC(=O)Nc1cccc(Cl)c1. The molecule has 0 bridgehead atoms. The van der Waals surface area contributed by atoms with E-state index in [9.17, 15) is 15.0 Å². The minimum Gasteiger partial charge on any atom is -0.394 e. The average molecular weight is 420 g/mol. The van der Waals surface area contributed by atoms with Crippen molar-refractivity contribution >= 4 is 23.3 Å². The van der Waals surface area contributed by atoms with Gasteiger partial charge < -0.3 is 25.6 Å². The zero-order chi connectivity index (χ0) is 20.8. The number of ether oxygens (including phenoxy) is 1. The molecule has 156 valence electrons. The van der Waals surface area contributed by atoms with Crippen LogP contribution in [0.15, 0.2) is 54.6 Å². The van der Waals surface area contributed by atoms with Gasteiger partial charge in [-0.25, -0.2) is 4.79 Å². The topological polar surface area (TPSA) is 94.1 Å². The van der Waals surface area contributed by atoms with Crippen molar-refractivity contribution in [3.63, 3.8) is 0 Å². The summed E-state index contributed by atoms with van der Waals surface area (Å²) in [5, 5.41) is 26.2. The van der Waals surface area contributed by atoms with E-state index in [0.29, 0.717) is 17.3 Å². The predicted molar refractivity (Wildman–Crippen MR) is 112 cm³/mol. The smallest absolute Gasteiger partial charge is 0.319 e. The van der Waals surface area contributed by atoms with Crippen molar-refractivity contribution in [3.05, 3.63) is 65.2 Å². The summed E-state index contributed by atoms with van der Waals surface area (Å²) in [6, 6.07) is 16.0. The van der Waals surface area contributed by atoms with E-state index in [1.165, 1.54) is 0 Å². The summed E-state index contributed by atoms with van der Waals surface area (Å²) in [4.78, 5) is 14.2. The molecule has 2 amide bonds. The van der Waals surface area contributed by atoms with Gasteiger partial charge in [0.2, 0.25) is 0 Å². The molecule has 0 aliphatic carbocycles. The average Bonchev–Trinajstić information content (AvgIpc) is 3.02. The third-order valence-corrected chi connectivity index (χ3v) is 5.21. The highest BCUT2D eigenvalue weighted by Gasteiger charge is 2.45. The van der Waals surface area contributed by atoms with E-state index in [0.717, 1.165) is 5.56 Å². The molecule has 4 atom stereocenters. The van der Waals surface area contributed by atoms with E-state index in [1.807, 2.05) is 42.3 Å². The van der Waals surface area contributed by atoms with Crippen LogP contribution in [0.25, 0.3) is 0 Å². The number of amides is 2. The lowest BCUT2D eigenvalue weighted by Gasteiger charge is -2.30. The van der Waals surface area contributed by atoms with Gasteiger partial charge in [0.25, 0.3) is 0 Å². The zero-order valence-corrected chi connectivity index (χ0v) is 16.9. The van der Waals surface area contributed by atoms with Crippen molar-refractivity contribution < 1.29 is 19.7 Å². The lowest BCUT2D eigenvalue weighted by Crippen LogP contribution is -2.49. The van der Waals surface area contributed by atoms with Gasteiger partial charge in [0.05, 0.1) is 18.8 Å². The molecular formula is C21H26ClN3O4. The number of halogens is 1. The minimum atomic E-state index is -0.864. The fourth-order valence-electron chi connectivity index (χ4n) is 3.60. The maximum atomic E-state index is 12.2. The molecule has 1 aliphatic heterocycles. The van der Waals surface area contributed by atoms with E-state index >= 15 is 0 Å².